The minimum Gasteiger partial charge on any atom is -0.458 e. The monoisotopic (exact) mass is 268 g/mol. The van der Waals surface area contributed by atoms with Crippen LogP contribution in [0.25, 0.3) is 0 Å². The summed E-state index contributed by atoms with van der Waals surface area (Å²) < 4.78 is 5.48. The standard InChI is InChI=1S/C13H20N2O2S/c1-8-3-5-10(6-4-8)17-13(16)11-7-18-12(15-11)9(2)14/h7-10H,3-6,14H2,1-2H3. The summed E-state index contributed by atoms with van der Waals surface area (Å²) in [5.41, 5.74) is 6.12. The van der Waals surface area contributed by atoms with Crippen molar-refractivity contribution >= 4 is 17.3 Å². The molecule has 100 valence electrons. The molecule has 1 aromatic heterocycles. The lowest BCUT2D eigenvalue weighted by Crippen LogP contribution is -2.23. The summed E-state index contributed by atoms with van der Waals surface area (Å²) in [5, 5.41) is 2.51. The van der Waals surface area contributed by atoms with Gasteiger partial charge >= 0.3 is 5.97 Å². The Balaban J connectivity index is 1.91. The van der Waals surface area contributed by atoms with Crippen LogP contribution in [0.15, 0.2) is 5.38 Å². The zero-order valence-electron chi connectivity index (χ0n) is 10.9. The van der Waals surface area contributed by atoms with Gasteiger partial charge in [0.2, 0.25) is 0 Å². The Morgan fingerprint density at radius 3 is 2.72 bits per heavy atom. The highest BCUT2D eigenvalue weighted by Gasteiger charge is 2.23. The highest BCUT2D eigenvalue weighted by molar-refractivity contribution is 7.09. The zero-order valence-corrected chi connectivity index (χ0v) is 11.7. The lowest BCUT2D eigenvalue weighted by Gasteiger charge is -2.25. The second kappa shape index (κ2) is 5.80. The van der Waals surface area contributed by atoms with E-state index >= 15 is 0 Å². The number of nitrogens with zero attached hydrogens (tertiary/aromatic N) is 1. The van der Waals surface area contributed by atoms with E-state index < -0.39 is 0 Å². The highest BCUT2D eigenvalue weighted by atomic mass is 32.1. The molecule has 2 N–H and O–H groups in total. The van der Waals surface area contributed by atoms with Crippen LogP contribution < -0.4 is 5.73 Å². The minimum absolute atomic E-state index is 0.0640. The van der Waals surface area contributed by atoms with Gasteiger partial charge in [0.25, 0.3) is 0 Å². The summed E-state index contributed by atoms with van der Waals surface area (Å²) in [5.74, 6) is 0.446. The Morgan fingerprint density at radius 1 is 1.50 bits per heavy atom. The van der Waals surface area contributed by atoms with Crippen molar-refractivity contribution in [2.75, 3.05) is 0 Å². The van der Waals surface area contributed by atoms with E-state index in [0.29, 0.717) is 5.69 Å². The molecule has 4 nitrogen and oxygen atoms in total. The van der Waals surface area contributed by atoms with Crippen molar-refractivity contribution < 1.29 is 9.53 Å². The molecule has 0 radical (unpaired) electrons. The van der Waals surface area contributed by atoms with Crippen LogP contribution in [0, 0.1) is 5.92 Å². The first-order valence-corrected chi connectivity index (χ1v) is 7.36. The van der Waals surface area contributed by atoms with Crippen LogP contribution in [0.3, 0.4) is 0 Å². The summed E-state index contributed by atoms with van der Waals surface area (Å²) in [6.45, 7) is 4.10. The number of aromatic nitrogens is 1. The molecule has 0 spiro atoms. The first-order chi connectivity index (χ1) is 8.56. The molecule has 1 fully saturated rings. The number of carbonyl (C=O) groups is 1. The van der Waals surface area contributed by atoms with E-state index in [9.17, 15) is 4.79 Å². The topological polar surface area (TPSA) is 65.2 Å². The van der Waals surface area contributed by atoms with Crippen molar-refractivity contribution in [3.63, 3.8) is 0 Å². The van der Waals surface area contributed by atoms with E-state index in [1.54, 1.807) is 5.38 Å². The van der Waals surface area contributed by atoms with Crippen molar-refractivity contribution in [2.24, 2.45) is 11.7 Å². The molecule has 0 bridgehead atoms. The van der Waals surface area contributed by atoms with E-state index in [4.69, 9.17) is 10.5 Å². The van der Waals surface area contributed by atoms with Gasteiger partial charge in [0.1, 0.15) is 11.1 Å². The molecule has 18 heavy (non-hydrogen) atoms. The molecule has 0 saturated heterocycles. The summed E-state index contributed by atoms with van der Waals surface area (Å²) in [6, 6.07) is -0.132. The average Bonchev–Trinajstić information content (AvgIpc) is 2.81. The third-order valence-electron chi connectivity index (χ3n) is 3.36. The Hall–Kier alpha value is -0.940. The van der Waals surface area contributed by atoms with Gasteiger partial charge in [0, 0.05) is 5.38 Å². The van der Waals surface area contributed by atoms with Gasteiger partial charge in [-0.3, -0.25) is 0 Å². The lowest BCUT2D eigenvalue weighted by atomic mass is 9.89. The molecule has 5 heteroatoms. The maximum Gasteiger partial charge on any atom is 0.358 e. The molecule has 2 rings (SSSR count). The van der Waals surface area contributed by atoms with Crippen molar-refractivity contribution in [3.05, 3.63) is 16.1 Å². The van der Waals surface area contributed by atoms with E-state index in [1.807, 2.05) is 6.92 Å². The van der Waals surface area contributed by atoms with Crippen molar-refractivity contribution in [3.8, 4) is 0 Å². The lowest BCUT2D eigenvalue weighted by molar-refractivity contribution is 0.0168. The van der Waals surface area contributed by atoms with Gasteiger partial charge in [-0.05, 0) is 38.5 Å². The van der Waals surface area contributed by atoms with E-state index in [0.717, 1.165) is 36.6 Å². The third kappa shape index (κ3) is 3.29. The smallest absolute Gasteiger partial charge is 0.358 e. The van der Waals surface area contributed by atoms with E-state index in [-0.39, 0.29) is 18.1 Å². The van der Waals surface area contributed by atoms with E-state index in [1.165, 1.54) is 11.3 Å². The van der Waals surface area contributed by atoms with Gasteiger partial charge in [0.15, 0.2) is 5.69 Å². The van der Waals surface area contributed by atoms with Gasteiger partial charge < -0.3 is 10.5 Å². The van der Waals surface area contributed by atoms with Gasteiger partial charge in [-0.15, -0.1) is 11.3 Å². The number of carbonyl (C=O) groups excluding carboxylic acids is 1. The fourth-order valence-corrected chi connectivity index (χ4v) is 2.90. The predicted octanol–water partition coefficient (Wildman–Crippen LogP) is 2.90. The molecular formula is C13H20N2O2S. The SMILES string of the molecule is CC1CCC(OC(=O)c2csc(C(C)N)n2)CC1. The van der Waals surface area contributed by atoms with Gasteiger partial charge in [-0.1, -0.05) is 6.92 Å². The first-order valence-electron chi connectivity index (χ1n) is 6.48. The Morgan fingerprint density at radius 2 is 2.17 bits per heavy atom. The van der Waals surface area contributed by atoms with Crippen LogP contribution in [-0.4, -0.2) is 17.1 Å². The predicted molar refractivity (Wildman–Crippen MR) is 71.6 cm³/mol. The average molecular weight is 268 g/mol. The number of thiazole rings is 1. The number of ether oxygens (including phenoxy) is 1. The zero-order chi connectivity index (χ0) is 13.1. The minimum atomic E-state index is -0.308. The van der Waals surface area contributed by atoms with Crippen LogP contribution in [0.2, 0.25) is 0 Å². The fraction of sp³-hybridized carbons (Fsp3) is 0.692. The van der Waals surface area contributed by atoms with Crippen LogP contribution in [0.5, 0.6) is 0 Å². The molecule has 0 aliphatic heterocycles. The van der Waals surface area contributed by atoms with Crippen LogP contribution in [-0.2, 0) is 4.74 Å². The molecule has 1 aliphatic rings. The van der Waals surface area contributed by atoms with Crippen LogP contribution in [0.4, 0.5) is 0 Å². The normalized spacial score (nSPS) is 25.7. The number of hydrogen-bond acceptors (Lipinski definition) is 5. The van der Waals surface area contributed by atoms with Crippen LogP contribution >= 0.6 is 11.3 Å². The second-order valence-corrected chi connectivity index (χ2v) is 6.04. The summed E-state index contributed by atoms with van der Waals surface area (Å²) in [7, 11) is 0. The summed E-state index contributed by atoms with van der Waals surface area (Å²) in [6.07, 6.45) is 4.28. The van der Waals surface area contributed by atoms with Gasteiger partial charge in [-0.25, -0.2) is 9.78 Å². The highest BCUT2D eigenvalue weighted by Crippen LogP contribution is 2.26. The molecule has 1 saturated carbocycles. The molecule has 1 aromatic rings. The Kier molecular flexibility index (Phi) is 4.35. The first kappa shape index (κ1) is 13.5. The van der Waals surface area contributed by atoms with Crippen molar-refractivity contribution in [1.29, 1.82) is 0 Å². The summed E-state index contributed by atoms with van der Waals surface area (Å²) >= 11 is 1.41. The van der Waals surface area contributed by atoms with E-state index in [2.05, 4.69) is 11.9 Å². The van der Waals surface area contributed by atoms with Gasteiger partial charge in [-0.2, -0.15) is 0 Å². The number of nitrogens with two attached hydrogens (primary N) is 1. The molecule has 1 aliphatic carbocycles. The second-order valence-electron chi connectivity index (χ2n) is 5.15. The quantitative estimate of drug-likeness (QED) is 0.856. The molecule has 1 atom stereocenters. The Bertz CT molecular complexity index is 409. The van der Waals surface area contributed by atoms with Gasteiger partial charge in [0.05, 0.1) is 6.04 Å². The summed E-state index contributed by atoms with van der Waals surface area (Å²) in [4.78, 5) is 16.1. The van der Waals surface area contributed by atoms with Crippen molar-refractivity contribution in [2.45, 2.75) is 51.7 Å². The Labute approximate surface area is 112 Å². The van der Waals surface area contributed by atoms with Crippen LogP contribution in [0.1, 0.15) is 61.1 Å². The van der Waals surface area contributed by atoms with Crippen molar-refractivity contribution in [1.82, 2.24) is 4.98 Å². The molecule has 0 aromatic carbocycles. The fourth-order valence-electron chi connectivity index (χ4n) is 2.15. The number of hydrogen-bond donors (Lipinski definition) is 1. The molecule has 1 unspecified atom stereocenters. The maximum atomic E-state index is 11.9. The molecule has 1 heterocycles. The third-order valence-corrected chi connectivity index (χ3v) is 4.40. The number of rotatable bonds is 3. The number of esters is 1. The largest absolute Gasteiger partial charge is 0.458 e. The molecule has 0 amide bonds. The maximum absolute atomic E-state index is 11.9. The molecular weight excluding hydrogens is 248 g/mol.